The molecule has 3 heteroatoms. The fourth-order valence-corrected chi connectivity index (χ4v) is 9.81. The molecule has 6 aliphatic rings. The maximum absolute atomic E-state index is 10.3. The van der Waals surface area contributed by atoms with Crippen LogP contribution in [0.2, 0.25) is 0 Å². The van der Waals surface area contributed by atoms with Crippen LogP contribution in [0.5, 0.6) is 0 Å². The van der Waals surface area contributed by atoms with Gasteiger partial charge in [0.25, 0.3) is 0 Å². The molecule has 0 radical (unpaired) electrons. The van der Waals surface area contributed by atoms with Crippen molar-refractivity contribution < 1.29 is 9.84 Å². The number of aliphatic hydroxyl groups is 1. The number of likely N-dealkylation sites (N-methyl/N-ethyl adjacent to an activating group) is 1. The zero-order valence-electron chi connectivity index (χ0n) is 21.1. The van der Waals surface area contributed by atoms with Crippen molar-refractivity contribution in [2.75, 3.05) is 13.6 Å². The van der Waals surface area contributed by atoms with E-state index in [1.54, 1.807) is 11.1 Å². The molecule has 0 bridgehead atoms. The van der Waals surface area contributed by atoms with Crippen molar-refractivity contribution in [1.29, 1.82) is 0 Å². The van der Waals surface area contributed by atoms with Crippen molar-refractivity contribution in [2.24, 2.45) is 35.0 Å². The van der Waals surface area contributed by atoms with Gasteiger partial charge in [0.1, 0.15) is 0 Å². The summed E-state index contributed by atoms with van der Waals surface area (Å²) in [4.78, 5) is 2.62. The van der Waals surface area contributed by atoms with Crippen molar-refractivity contribution in [2.45, 2.75) is 109 Å². The maximum Gasteiger partial charge on any atom is 0.0765 e. The number of piperidine rings is 1. The van der Waals surface area contributed by atoms with Crippen molar-refractivity contribution in [3.05, 3.63) is 22.8 Å². The molecule has 2 heterocycles. The smallest absolute Gasteiger partial charge is 0.0765 e. The number of allylic oxidation sites excluding steroid dienone is 2. The van der Waals surface area contributed by atoms with Crippen LogP contribution in [0.3, 0.4) is 0 Å². The summed E-state index contributed by atoms with van der Waals surface area (Å²) in [5, 5.41) is 10.3. The van der Waals surface area contributed by atoms with Gasteiger partial charge in [-0.05, 0) is 101 Å². The van der Waals surface area contributed by atoms with Gasteiger partial charge >= 0.3 is 0 Å². The molecule has 4 fully saturated rings. The van der Waals surface area contributed by atoms with E-state index in [1.807, 2.05) is 5.57 Å². The monoisotopic (exact) mass is 439 g/mol. The quantitative estimate of drug-likeness (QED) is 0.489. The third-order valence-electron chi connectivity index (χ3n) is 11.4. The Hall–Kier alpha value is -0.640. The predicted octanol–water partition coefficient (Wildman–Crippen LogP) is 5.73. The van der Waals surface area contributed by atoms with Gasteiger partial charge in [-0.2, -0.15) is 0 Å². The lowest BCUT2D eigenvalue weighted by atomic mass is 9.56. The van der Waals surface area contributed by atoms with E-state index in [0.29, 0.717) is 23.5 Å². The van der Waals surface area contributed by atoms with Gasteiger partial charge in [-0.3, -0.25) is 0 Å². The lowest BCUT2D eigenvalue weighted by Crippen LogP contribution is -2.49. The first kappa shape index (κ1) is 21.9. The third kappa shape index (κ3) is 3.02. The van der Waals surface area contributed by atoms with Crippen molar-refractivity contribution in [3.63, 3.8) is 0 Å². The van der Waals surface area contributed by atoms with Crippen LogP contribution < -0.4 is 0 Å². The highest BCUT2D eigenvalue weighted by Gasteiger charge is 2.58. The summed E-state index contributed by atoms with van der Waals surface area (Å²) in [5.74, 6) is 3.71. The second-order valence-corrected chi connectivity index (χ2v) is 13.2. The lowest BCUT2D eigenvalue weighted by molar-refractivity contribution is -0.0777. The van der Waals surface area contributed by atoms with Crippen LogP contribution in [0, 0.1) is 35.0 Å². The summed E-state index contributed by atoms with van der Waals surface area (Å²) in [6.45, 7) is 11.1. The number of fused-ring (bicyclic) bond motifs is 6. The SMILES string of the molecule is CC1=C2C[C@H]3[C@@H](CC=C4CC(O)CC[C@@]43C)[C@@H]2CC[C@@]2(C1)O[C@@H]1C[C@H](C)CN(C)[C@H]1[C@H]2C. The van der Waals surface area contributed by atoms with E-state index < -0.39 is 0 Å². The van der Waals surface area contributed by atoms with Crippen LogP contribution in [0.25, 0.3) is 0 Å². The molecular weight excluding hydrogens is 394 g/mol. The molecule has 3 nitrogen and oxygen atoms in total. The van der Waals surface area contributed by atoms with Gasteiger partial charge in [-0.25, -0.2) is 0 Å². The van der Waals surface area contributed by atoms with Gasteiger partial charge in [-0.1, -0.05) is 43.6 Å². The van der Waals surface area contributed by atoms with Crippen LogP contribution in [0.4, 0.5) is 0 Å². The minimum absolute atomic E-state index is 0.0547. The average Bonchev–Trinajstić information content (AvgIpc) is 3.19. The van der Waals surface area contributed by atoms with Crippen molar-refractivity contribution in [3.8, 4) is 0 Å². The number of nitrogens with zero attached hydrogens (tertiary/aromatic N) is 1. The van der Waals surface area contributed by atoms with Crippen LogP contribution in [-0.4, -0.2) is 47.4 Å². The molecule has 2 saturated carbocycles. The Morgan fingerprint density at radius 3 is 2.78 bits per heavy atom. The fraction of sp³-hybridized carbons (Fsp3) is 0.862. The van der Waals surface area contributed by atoms with Gasteiger partial charge in [0.2, 0.25) is 0 Å². The largest absolute Gasteiger partial charge is 0.393 e. The second-order valence-electron chi connectivity index (χ2n) is 13.2. The first-order chi connectivity index (χ1) is 15.2. The van der Waals surface area contributed by atoms with Gasteiger partial charge in [-0.15, -0.1) is 0 Å². The molecule has 2 aliphatic heterocycles. The number of aliphatic hydroxyl groups excluding tert-OH is 1. The number of rotatable bonds is 0. The number of ether oxygens (including phenoxy) is 1. The first-order valence-corrected chi connectivity index (χ1v) is 13.7. The molecule has 1 spiro atoms. The van der Waals surface area contributed by atoms with Crippen LogP contribution >= 0.6 is 0 Å². The summed E-state index contributed by atoms with van der Waals surface area (Å²) in [6, 6.07) is 0.599. The summed E-state index contributed by atoms with van der Waals surface area (Å²) in [6.07, 6.45) is 13.5. The van der Waals surface area contributed by atoms with Crippen molar-refractivity contribution >= 4 is 0 Å². The van der Waals surface area contributed by atoms with Gasteiger partial charge < -0.3 is 14.7 Å². The average molecular weight is 440 g/mol. The molecule has 0 aromatic rings. The molecule has 10 atom stereocenters. The summed E-state index contributed by atoms with van der Waals surface area (Å²) >= 11 is 0. The molecule has 4 aliphatic carbocycles. The van der Waals surface area contributed by atoms with Crippen LogP contribution in [-0.2, 0) is 4.74 Å². The Kier molecular flexibility index (Phi) is 5.07. The lowest BCUT2D eigenvalue weighted by Gasteiger charge is -2.49. The molecule has 32 heavy (non-hydrogen) atoms. The number of hydrogen-bond acceptors (Lipinski definition) is 3. The normalized spacial score (nSPS) is 53.4. The molecule has 2 saturated heterocycles. The fourth-order valence-electron chi connectivity index (χ4n) is 9.81. The van der Waals surface area contributed by atoms with E-state index in [4.69, 9.17) is 4.74 Å². The Labute approximate surface area is 195 Å². The number of likely N-dealkylation sites (tertiary alicyclic amines) is 1. The summed E-state index contributed by atoms with van der Waals surface area (Å²) in [7, 11) is 2.33. The van der Waals surface area contributed by atoms with E-state index in [0.717, 1.165) is 42.9 Å². The maximum atomic E-state index is 10.3. The number of hydrogen-bond donors (Lipinski definition) is 1. The predicted molar refractivity (Wildman–Crippen MR) is 129 cm³/mol. The van der Waals surface area contributed by atoms with Gasteiger partial charge in [0.15, 0.2) is 0 Å². The zero-order chi connectivity index (χ0) is 22.4. The van der Waals surface area contributed by atoms with E-state index >= 15 is 0 Å². The van der Waals surface area contributed by atoms with Gasteiger partial charge in [0.05, 0.1) is 17.8 Å². The molecule has 178 valence electrons. The highest BCUT2D eigenvalue weighted by atomic mass is 16.5. The first-order valence-electron chi connectivity index (χ1n) is 13.7. The van der Waals surface area contributed by atoms with Crippen molar-refractivity contribution in [1.82, 2.24) is 4.90 Å². The molecule has 1 unspecified atom stereocenters. The Morgan fingerprint density at radius 1 is 1.16 bits per heavy atom. The van der Waals surface area contributed by atoms with E-state index in [-0.39, 0.29) is 11.7 Å². The Morgan fingerprint density at radius 2 is 1.97 bits per heavy atom. The topological polar surface area (TPSA) is 32.7 Å². The summed E-state index contributed by atoms with van der Waals surface area (Å²) in [5.41, 5.74) is 5.44. The van der Waals surface area contributed by atoms with Crippen LogP contribution in [0.1, 0.15) is 85.5 Å². The molecule has 1 N–H and O–H groups in total. The minimum atomic E-state index is -0.107. The van der Waals surface area contributed by atoms with E-state index in [9.17, 15) is 5.11 Å². The molecule has 0 aromatic heterocycles. The van der Waals surface area contributed by atoms with E-state index in [2.05, 4.69) is 45.7 Å². The van der Waals surface area contributed by atoms with E-state index in [1.165, 1.54) is 45.1 Å². The molecule has 0 amide bonds. The highest BCUT2D eigenvalue weighted by Crippen LogP contribution is 2.63. The third-order valence-corrected chi connectivity index (χ3v) is 11.4. The standard InChI is InChI=1S/C29H45NO2/c1-17-12-26-27(30(5)16-17)19(3)29(32-26)11-9-22-23-7-6-20-13-21(31)8-10-28(20,4)25(23)14-24(22)18(2)15-29/h6,17,19,21-23,25-27,31H,7-16H2,1-5H3/t17-,19+,21?,22-,23-,25-,26+,27-,28-,29-/m0/s1. The molecular formula is C29H45NO2. The molecule has 6 rings (SSSR count). The zero-order valence-corrected chi connectivity index (χ0v) is 21.1. The minimum Gasteiger partial charge on any atom is -0.393 e. The Balaban J connectivity index is 1.29. The highest BCUT2D eigenvalue weighted by molar-refractivity contribution is 5.34. The molecule has 0 aromatic carbocycles. The van der Waals surface area contributed by atoms with Gasteiger partial charge in [0, 0.05) is 18.5 Å². The summed E-state index contributed by atoms with van der Waals surface area (Å²) < 4.78 is 7.10. The second kappa shape index (κ2) is 7.43. The van der Waals surface area contributed by atoms with Crippen LogP contribution in [0.15, 0.2) is 22.8 Å². The Bertz CT molecular complexity index is 846.